The van der Waals surface area contributed by atoms with Gasteiger partial charge in [0.05, 0.1) is 18.2 Å². The van der Waals surface area contributed by atoms with Gasteiger partial charge in [-0.05, 0) is 31.2 Å². The molecule has 0 aliphatic heterocycles. The lowest BCUT2D eigenvalue weighted by atomic mass is 10.1. The molecule has 1 atom stereocenters. The molecule has 0 bridgehead atoms. The van der Waals surface area contributed by atoms with Crippen LogP contribution >= 0.6 is 23.2 Å². The maximum Gasteiger partial charge on any atom is 0.258 e. The molecule has 0 radical (unpaired) electrons. The molecule has 0 aliphatic carbocycles. The lowest BCUT2D eigenvalue weighted by Gasteiger charge is -2.17. The third-order valence-electron chi connectivity index (χ3n) is 3.24. The second-order valence-corrected chi connectivity index (χ2v) is 5.74. The molecule has 1 N–H and O–H groups in total. The lowest BCUT2D eigenvalue weighted by Crippen LogP contribution is -2.31. The zero-order chi connectivity index (χ0) is 16.8. The minimum atomic E-state index is -0.255. The van der Waals surface area contributed by atoms with Gasteiger partial charge in [-0.1, -0.05) is 41.4 Å². The summed E-state index contributed by atoms with van der Waals surface area (Å²) >= 11 is 11.8. The molecular formula is C17H17Cl2NO3. The van der Waals surface area contributed by atoms with E-state index in [1.807, 2.05) is 31.2 Å². The van der Waals surface area contributed by atoms with E-state index >= 15 is 0 Å². The van der Waals surface area contributed by atoms with Crippen LogP contribution in [0.5, 0.6) is 11.5 Å². The van der Waals surface area contributed by atoms with Crippen molar-refractivity contribution in [1.82, 2.24) is 5.32 Å². The summed E-state index contributed by atoms with van der Waals surface area (Å²) in [5.74, 6) is 0.882. The van der Waals surface area contributed by atoms with Crippen LogP contribution in [0.3, 0.4) is 0 Å². The molecule has 0 saturated carbocycles. The minimum absolute atomic E-state index is 0.138. The SMILES string of the molecule is COc1ccccc1[C@@H](C)NC(=O)COc1ccc(Cl)cc1Cl. The van der Waals surface area contributed by atoms with E-state index in [1.165, 1.54) is 0 Å². The fourth-order valence-corrected chi connectivity index (χ4v) is 2.58. The van der Waals surface area contributed by atoms with Gasteiger partial charge in [0.15, 0.2) is 6.61 Å². The lowest BCUT2D eigenvalue weighted by molar-refractivity contribution is -0.123. The third kappa shape index (κ3) is 4.78. The highest BCUT2D eigenvalue weighted by Gasteiger charge is 2.14. The standard InChI is InChI=1S/C17H17Cl2NO3/c1-11(13-5-3-4-6-15(13)22-2)20-17(21)10-23-16-8-7-12(18)9-14(16)19/h3-9,11H,10H2,1-2H3,(H,20,21)/t11-/m1/s1. The average Bonchev–Trinajstić information content (AvgIpc) is 2.54. The highest BCUT2D eigenvalue weighted by atomic mass is 35.5. The predicted molar refractivity (Wildman–Crippen MR) is 91.5 cm³/mol. The number of hydrogen-bond acceptors (Lipinski definition) is 3. The van der Waals surface area contributed by atoms with Crippen LogP contribution in [0.2, 0.25) is 10.0 Å². The second-order valence-electron chi connectivity index (χ2n) is 4.89. The molecule has 0 heterocycles. The number of nitrogens with one attached hydrogen (secondary N) is 1. The van der Waals surface area contributed by atoms with Gasteiger partial charge in [-0.3, -0.25) is 4.79 Å². The summed E-state index contributed by atoms with van der Waals surface area (Å²) in [5, 5.41) is 3.73. The zero-order valence-electron chi connectivity index (χ0n) is 12.8. The average molecular weight is 354 g/mol. The van der Waals surface area contributed by atoms with Crippen LogP contribution in [0, 0.1) is 0 Å². The first kappa shape index (κ1) is 17.4. The second kappa shape index (κ2) is 8.09. The van der Waals surface area contributed by atoms with Gasteiger partial charge < -0.3 is 14.8 Å². The smallest absolute Gasteiger partial charge is 0.258 e. The Kier molecular flexibility index (Phi) is 6.13. The van der Waals surface area contributed by atoms with Crippen molar-refractivity contribution in [3.63, 3.8) is 0 Å². The summed E-state index contributed by atoms with van der Waals surface area (Å²) in [7, 11) is 1.60. The van der Waals surface area contributed by atoms with Crippen LogP contribution < -0.4 is 14.8 Å². The Morgan fingerprint density at radius 1 is 1.17 bits per heavy atom. The van der Waals surface area contributed by atoms with E-state index < -0.39 is 0 Å². The fourth-order valence-electron chi connectivity index (χ4n) is 2.12. The van der Waals surface area contributed by atoms with Crippen molar-refractivity contribution in [3.05, 3.63) is 58.1 Å². The normalized spacial score (nSPS) is 11.7. The zero-order valence-corrected chi connectivity index (χ0v) is 14.3. The van der Waals surface area contributed by atoms with Gasteiger partial charge in [0.1, 0.15) is 11.5 Å². The maximum atomic E-state index is 12.0. The summed E-state index contributed by atoms with van der Waals surface area (Å²) in [6.45, 7) is 1.74. The summed E-state index contributed by atoms with van der Waals surface area (Å²) in [6.07, 6.45) is 0. The van der Waals surface area contributed by atoms with Crippen LogP contribution in [0.1, 0.15) is 18.5 Å². The van der Waals surface area contributed by atoms with Crippen LogP contribution in [-0.2, 0) is 4.79 Å². The fraction of sp³-hybridized carbons (Fsp3) is 0.235. The molecule has 122 valence electrons. The maximum absolute atomic E-state index is 12.0. The van der Waals surface area contributed by atoms with Crippen molar-refractivity contribution < 1.29 is 14.3 Å². The summed E-state index contributed by atoms with van der Waals surface area (Å²) in [6, 6.07) is 12.2. The number of carbonyl (C=O) groups is 1. The number of halogens is 2. The molecule has 23 heavy (non-hydrogen) atoms. The molecule has 2 aromatic rings. The summed E-state index contributed by atoms with van der Waals surface area (Å²) in [4.78, 5) is 12.0. The molecule has 0 aliphatic rings. The van der Waals surface area contributed by atoms with Crippen molar-refractivity contribution >= 4 is 29.1 Å². The Labute approximate surface area is 145 Å². The molecule has 4 nitrogen and oxygen atoms in total. The third-order valence-corrected chi connectivity index (χ3v) is 3.77. The number of rotatable bonds is 6. The van der Waals surface area contributed by atoms with Crippen molar-refractivity contribution in [2.24, 2.45) is 0 Å². The summed E-state index contributed by atoms with van der Waals surface area (Å²) < 4.78 is 10.7. The summed E-state index contributed by atoms with van der Waals surface area (Å²) in [5.41, 5.74) is 0.896. The van der Waals surface area contributed by atoms with E-state index in [2.05, 4.69) is 5.32 Å². The van der Waals surface area contributed by atoms with Crippen molar-refractivity contribution in [1.29, 1.82) is 0 Å². The van der Waals surface area contributed by atoms with E-state index in [0.29, 0.717) is 15.8 Å². The molecule has 0 fully saturated rings. The van der Waals surface area contributed by atoms with Crippen LogP contribution in [0.4, 0.5) is 0 Å². The number of hydrogen-bond donors (Lipinski definition) is 1. The molecular weight excluding hydrogens is 337 g/mol. The van der Waals surface area contributed by atoms with Crippen LogP contribution in [-0.4, -0.2) is 19.6 Å². The number of amides is 1. The molecule has 0 aromatic heterocycles. The first-order valence-electron chi connectivity index (χ1n) is 7.01. The largest absolute Gasteiger partial charge is 0.496 e. The monoisotopic (exact) mass is 353 g/mol. The van der Waals surface area contributed by atoms with Gasteiger partial charge in [0.25, 0.3) is 5.91 Å². The van der Waals surface area contributed by atoms with E-state index in [1.54, 1.807) is 25.3 Å². The topological polar surface area (TPSA) is 47.6 Å². The Hall–Kier alpha value is -1.91. The van der Waals surface area contributed by atoms with Gasteiger partial charge in [0.2, 0.25) is 0 Å². The van der Waals surface area contributed by atoms with Gasteiger partial charge in [-0.15, -0.1) is 0 Å². The number of carbonyl (C=O) groups excluding carboxylic acids is 1. The molecule has 2 aromatic carbocycles. The Bertz CT molecular complexity index is 691. The van der Waals surface area contributed by atoms with Gasteiger partial charge >= 0.3 is 0 Å². The number of para-hydroxylation sites is 1. The number of benzene rings is 2. The quantitative estimate of drug-likeness (QED) is 0.843. The van der Waals surface area contributed by atoms with Crippen molar-refractivity contribution in [2.75, 3.05) is 13.7 Å². The van der Waals surface area contributed by atoms with E-state index in [4.69, 9.17) is 32.7 Å². The van der Waals surface area contributed by atoms with E-state index in [0.717, 1.165) is 11.3 Å². The highest BCUT2D eigenvalue weighted by Crippen LogP contribution is 2.27. The Morgan fingerprint density at radius 3 is 2.61 bits per heavy atom. The Morgan fingerprint density at radius 2 is 1.91 bits per heavy atom. The predicted octanol–water partition coefficient (Wildman–Crippen LogP) is 4.26. The van der Waals surface area contributed by atoms with Crippen molar-refractivity contribution in [3.8, 4) is 11.5 Å². The highest BCUT2D eigenvalue weighted by molar-refractivity contribution is 6.35. The number of ether oxygens (including phenoxy) is 2. The van der Waals surface area contributed by atoms with Gasteiger partial charge in [0, 0.05) is 10.6 Å². The molecule has 1 amide bonds. The van der Waals surface area contributed by atoms with Crippen LogP contribution in [0.25, 0.3) is 0 Å². The number of methoxy groups -OCH3 is 1. The minimum Gasteiger partial charge on any atom is -0.496 e. The first-order chi connectivity index (χ1) is 11.0. The molecule has 2 rings (SSSR count). The Balaban J connectivity index is 1.94. The van der Waals surface area contributed by atoms with Gasteiger partial charge in [-0.2, -0.15) is 0 Å². The van der Waals surface area contributed by atoms with E-state index in [-0.39, 0.29) is 18.6 Å². The first-order valence-corrected chi connectivity index (χ1v) is 7.77. The molecule has 0 spiro atoms. The van der Waals surface area contributed by atoms with Crippen molar-refractivity contribution in [2.45, 2.75) is 13.0 Å². The molecule has 0 saturated heterocycles. The molecule has 0 unspecified atom stereocenters. The van der Waals surface area contributed by atoms with Gasteiger partial charge in [-0.25, -0.2) is 0 Å². The molecule has 6 heteroatoms. The van der Waals surface area contributed by atoms with E-state index in [9.17, 15) is 4.79 Å². The van der Waals surface area contributed by atoms with Crippen LogP contribution in [0.15, 0.2) is 42.5 Å².